The van der Waals surface area contributed by atoms with Crippen LogP contribution in [0.1, 0.15) is 16.8 Å². The van der Waals surface area contributed by atoms with Crippen molar-refractivity contribution in [3.8, 4) is 0 Å². The molecule has 0 radical (unpaired) electrons. The van der Waals surface area contributed by atoms with Crippen LogP contribution >= 0.6 is 11.6 Å². The minimum Gasteiger partial charge on any atom is -0.380 e. The number of nitrogens with zero attached hydrogens (tertiary/aromatic N) is 2. The van der Waals surface area contributed by atoms with E-state index in [0.717, 1.165) is 6.42 Å². The second kappa shape index (κ2) is 5.98. The van der Waals surface area contributed by atoms with Crippen LogP contribution in [0, 0.1) is 0 Å². The van der Waals surface area contributed by atoms with Crippen molar-refractivity contribution < 1.29 is 9.53 Å². The smallest absolute Gasteiger partial charge is 0.254 e. The fourth-order valence-corrected chi connectivity index (χ4v) is 2.10. The topological polar surface area (TPSA) is 42.4 Å². The summed E-state index contributed by atoms with van der Waals surface area (Å²) in [7, 11) is 1.68. The lowest BCUT2D eigenvalue weighted by Crippen LogP contribution is -2.35. The number of ether oxygens (including phenoxy) is 1. The maximum atomic E-state index is 12.2. The van der Waals surface area contributed by atoms with Crippen molar-refractivity contribution in [2.24, 2.45) is 0 Å². The predicted octanol–water partition coefficient (Wildman–Crippen LogP) is 2.15. The van der Waals surface area contributed by atoms with E-state index in [0.29, 0.717) is 30.4 Å². The standard InChI is InChI=1S/C13H15ClN2O2/c1-18-9-10-3-6-16(7-4-10)13(17)11-2-5-15-12(14)8-11/h2-3,5,8H,4,6-7,9H2,1H3. The monoisotopic (exact) mass is 266 g/mol. The lowest BCUT2D eigenvalue weighted by molar-refractivity contribution is 0.0765. The Labute approximate surface area is 111 Å². The van der Waals surface area contributed by atoms with Gasteiger partial charge in [-0.25, -0.2) is 4.98 Å². The first-order chi connectivity index (χ1) is 8.70. The second-order valence-corrected chi connectivity index (χ2v) is 4.55. The van der Waals surface area contributed by atoms with Crippen LogP contribution in [0.2, 0.25) is 5.15 Å². The van der Waals surface area contributed by atoms with Crippen LogP contribution in [0.25, 0.3) is 0 Å². The van der Waals surface area contributed by atoms with Crippen LogP contribution in [0.3, 0.4) is 0 Å². The minimum atomic E-state index is -0.00739. The Morgan fingerprint density at radius 3 is 3.06 bits per heavy atom. The van der Waals surface area contributed by atoms with Crippen LogP contribution in [-0.2, 0) is 4.74 Å². The number of carbonyl (C=O) groups is 1. The van der Waals surface area contributed by atoms with Gasteiger partial charge in [-0.1, -0.05) is 17.7 Å². The molecule has 0 saturated carbocycles. The summed E-state index contributed by atoms with van der Waals surface area (Å²) < 4.78 is 5.08. The van der Waals surface area contributed by atoms with E-state index in [1.54, 1.807) is 30.3 Å². The Morgan fingerprint density at radius 2 is 2.44 bits per heavy atom. The van der Waals surface area contributed by atoms with E-state index in [9.17, 15) is 4.79 Å². The summed E-state index contributed by atoms with van der Waals surface area (Å²) in [5, 5.41) is 0.341. The van der Waals surface area contributed by atoms with Gasteiger partial charge in [-0.2, -0.15) is 0 Å². The van der Waals surface area contributed by atoms with Crippen molar-refractivity contribution in [2.45, 2.75) is 6.42 Å². The number of pyridine rings is 1. The molecule has 2 heterocycles. The van der Waals surface area contributed by atoms with E-state index < -0.39 is 0 Å². The molecule has 4 nitrogen and oxygen atoms in total. The molecule has 1 aliphatic heterocycles. The van der Waals surface area contributed by atoms with Crippen LogP contribution in [0.15, 0.2) is 30.0 Å². The number of rotatable bonds is 3. The third-order valence-corrected chi connectivity index (χ3v) is 3.10. The van der Waals surface area contributed by atoms with Gasteiger partial charge in [0.2, 0.25) is 0 Å². The Balaban J connectivity index is 2.04. The first kappa shape index (κ1) is 13.1. The molecule has 2 rings (SSSR count). The number of amides is 1. The fraction of sp³-hybridized carbons (Fsp3) is 0.385. The third kappa shape index (κ3) is 3.09. The normalized spacial score (nSPS) is 15.4. The number of methoxy groups -OCH3 is 1. The predicted molar refractivity (Wildman–Crippen MR) is 69.7 cm³/mol. The molecule has 0 bridgehead atoms. The van der Waals surface area contributed by atoms with E-state index >= 15 is 0 Å². The van der Waals surface area contributed by atoms with Gasteiger partial charge in [0.05, 0.1) is 6.61 Å². The summed E-state index contributed by atoms with van der Waals surface area (Å²) in [6.07, 6.45) is 4.46. The molecule has 96 valence electrons. The van der Waals surface area contributed by atoms with E-state index in [1.807, 2.05) is 6.08 Å². The van der Waals surface area contributed by atoms with Crippen molar-refractivity contribution in [3.05, 3.63) is 40.7 Å². The molecule has 1 amide bonds. The lowest BCUT2D eigenvalue weighted by atomic mass is 10.1. The maximum Gasteiger partial charge on any atom is 0.254 e. The zero-order valence-corrected chi connectivity index (χ0v) is 11.0. The highest BCUT2D eigenvalue weighted by Crippen LogP contribution is 2.15. The van der Waals surface area contributed by atoms with Gasteiger partial charge in [0.15, 0.2) is 0 Å². The van der Waals surface area contributed by atoms with E-state index in [4.69, 9.17) is 16.3 Å². The molecule has 18 heavy (non-hydrogen) atoms. The summed E-state index contributed by atoms with van der Waals surface area (Å²) in [6.45, 7) is 1.98. The molecule has 0 spiro atoms. The molecular formula is C13H15ClN2O2. The number of halogens is 1. The maximum absolute atomic E-state index is 12.2. The molecule has 0 aliphatic carbocycles. The van der Waals surface area contributed by atoms with Gasteiger partial charge in [-0.3, -0.25) is 4.79 Å². The highest BCUT2D eigenvalue weighted by Gasteiger charge is 2.18. The molecule has 0 atom stereocenters. The first-order valence-corrected chi connectivity index (χ1v) is 6.16. The second-order valence-electron chi connectivity index (χ2n) is 4.16. The molecular weight excluding hydrogens is 252 g/mol. The van der Waals surface area contributed by atoms with Crippen molar-refractivity contribution in [2.75, 3.05) is 26.8 Å². The SMILES string of the molecule is COCC1=CCN(C(=O)c2ccnc(Cl)c2)CC1. The molecule has 1 aromatic rings. The van der Waals surface area contributed by atoms with Crippen molar-refractivity contribution >= 4 is 17.5 Å². The zero-order valence-electron chi connectivity index (χ0n) is 10.2. The average molecular weight is 267 g/mol. The molecule has 5 heteroatoms. The lowest BCUT2D eigenvalue weighted by Gasteiger charge is -2.26. The summed E-state index contributed by atoms with van der Waals surface area (Å²) in [4.78, 5) is 17.9. The van der Waals surface area contributed by atoms with Crippen molar-refractivity contribution in [3.63, 3.8) is 0 Å². The Hall–Kier alpha value is -1.39. The summed E-state index contributed by atoms with van der Waals surface area (Å²) >= 11 is 5.78. The van der Waals surface area contributed by atoms with Gasteiger partial charge in [0.1, 0.15) is 5.15 Å². The van der Waals surface area contributed by atoms with E-state index in [-0.39, 0.29) is 5.91 Å². The summed E-state index contributed by atoms with van der Waals surface area (Å²) in [5.41, 5.74) is 1.83. The summed E-state index contributed by atoms with van der Waals surface area (Å²) in [5.74, 6) is -0.00739. The van der Waals surface area contributed by atoms with Crippen molar-refractivity contribution in [1.29, 1.82) is 0 Å². The van der Waals surface area contributed by atoms with Gasteiger partial charge in [0, 0.05) is 32.0 Å². The Morgan fingerprint density at radius 1 is 1.61 bits per heavy atom. The molecule has 0 aromatic carbocycles. The van der Waals surface area contributed by atoms with Gasteiger partial charge >= 0.3 is 0 Å². The number of hydrogen-bond donors (Lipinski definition) is 0. The molecule has 0 N–H and O–H groups in total. The number of hydrogen-bond acceptors (Lipinski definition) is 3. The molecule has 0 fully saturated rings. The largest absolute Gasteiger partial charge is 0.380 e. The van der Waals surface area contributed by atoms with Gasteiger partial charge < -0.3 is 9.64 Å². The van der Waals surface area contributed by atoms with E-state index in [1.165, 1.54) is 5.57 Å². The number of aromatic nitrogens is 1. The average Bonchev–Trinajstić information content (AvgIpc) is 2.39. The van der Waals surface area contributed by atoms with Crippen LogP contribution in [-0.4, -0.2) is 42.6 Å². The van der Waals surface area contributed by atoms with Gasteiger partial charge in [-0.15, -0.1) is 0 Å². The minimum absolute atomic E-state index is 0.00739. The quantitative estimate of drug-likeness (QED) is 0.622. The number of carbonyl (C=O) groups excluding carboxylic acids is 1. The highest BCUT2D eigenvalue weighted by atomic mass is 35.5. The Bertz CT molecular complexity index is 474. The molecule has 1 aliphatic rings. The zero-order chi connectivity index (χ0) is 13.0. The molecule has 1 aromatic heterocycles. The van der Waals surface area contributed by atoms with Crippen LogP contribution in [0.5, 0.6) is 0 Å². The fourth-order valence-electron chi connectivity index (χ4n) is 1.93. The van der Waals surface area contributed by atoms with Gasteiger partial charge in [0.25, 0.3) is 5.91 Å². The molecule has 0 unspecified atom stereocenters. The molecule has 0 saturated heterocycles. The highest BCUT2D eigenvalue weighted by molar-refractivity contribution is 6.29. The Kier molecular flexibility index (Phi) is 4.33. The van der Waals surface area contributed by atoms with E-state index in [2.05, 4.69) is 4.98 Å². The van der Waals surface area contributed by atoms with Crippen LogP contribution in [0.4, 0.5) is 0 Å². The third-order valence-electron chi connectivity index (χ3n) is 2.89. The van der Waals surface area contributed by atoms with Crippen molar-refractivity contribution in [1.82, 2.24) is 9.88 Å². The van der Waals surface area contributed by atoms with Gasteiger partial charge in [-0.05, 0) is 24.1 Å². The van der Waals surface area contributed by atoms with Crippen LogP contribution < -0.4 is 0 Å². The summed E-state index contributed by atoms with van der Waals surface area (Å²) in [6, 6.07) is 3.28. The first-order valence-electron chi connectivity index (χ1n) is 5.78.